The van der Waals surface area contributed by atoms with Crippen molar-refractivity contribution in [1.29, 1.82) is 0 Å². The van der Waals surface area contributed by atoms with Crippen molar-refractivity contribution in [3.63, 3.8) is 0 Å². The third-order valence-electron chi connectivity index (χ3n) is 2.99. The van der Waals surface area contributed by atoms with Crippen LogP contribution >= 0.6 is 0 Å². The van der Waals surface area contributed by atoms with Crippen LogP contribution in [0.15, 0.2) is 12.1 Å². The van der Waals surface area contributed by atoms with Crippen molar-refractivity contribution in [2.24, 2.45) is 0 Å². The standard InChI is InChI=1S/C11H18N4/c1-9-5-6-11(14-13-9)12-8-10-4-3-7-15(10)2/h5-6,10H,3-4,7-8H2,1-2H3,(H,12,14). The Morgan fingerprint density at radius 1 is 1.47 bits per heavy atom. The molecule has 1 fully saturated rings. The maximum absolute atomic E-state index is 4.08. The number of rotatable bonds is 3. The van der Waals surface area contributed by atoms with Gasteiger partial charge >= 0.3 is 0 Å². The van der Waals surface area contributed by atoms with Crippen molar-refractivity contribution >= 4 is 5.82 Å². The summed E-state index contributed by atoms with van der Waals surface area (Å²) in [6, 6.07) is 4.61. The van der Waals surface area contributed by atoms with Gasteiger partial charge in [-0.15, -0.1) is 5.10 Å². The maximum Gasteiger partial charge on any atom is 0.148 e. The summed E-state index contributed by atoms with van der Waals surface area (Å²) in [5, 5.41) is 11.4. The van der Waals surface area contributed by atoms with Crippen LogP contribution in [0.4, 0.5) is 5.82 Å². The minimum atomic E-state index is 0.646. The van der Waals surface area contributed by atoms with Gasteiger partial charge in [0.1, 0.15) is 5.82 Å². The Balaban J connectivity index is 1.85. The fraction of sp³-hybridized carbons (Fsp3) is 0.636. The first-order valence-electron chi connectivity index (χ1n) is 5.50. The first kappa shape index (κ1) is 10.4. The fourth-order valence-electron chi connectivity index (χ4n) is 1.95. The highest BCUT2D eigenvalue weighted by molar-refractivity contribution is 5.32. The molecule has 1 unspecified atom stereocenters. The summed E-state index contributed by atoms with van der Waals surface area (Å²) in [6.07, 6.45) is 2.59. The lowest BCUT2D eigenvalue weighted by molar-refractivity contribution is 0.322. The van der Waals surface area contributed by atoms with E-state index in [1.807, 2.05) is 19.1 Å². The smallest absolute Gasteiger partial charge is 0.148 e. The summed E-state index contributed by atoms with van der Waals surface area (Å²) in [4.78, 5) is 2.40. The number of nitrogens with zero attached hydrogens (tertiary/aromatic N) is 3. The van der Waals surface area contributed by atoms with Crippen LogP contribution in [0.2, 0.25) is 0 Å². The third kappa shape index (κ3) is 2.65. The van der Waals surface area contributed by atoms with Crippen LogP contribution in [0.25, 0.3) is 0 Å². The van der Waals surface area contributed by atoms with E-state index < -0.39 is 0 Å². The van der Waals surface area contributed by atoms with Crippen molar-refractivity contribution in [2.75, 3.05) is 25.5 Å². The molecule has 1 aromatic rings. The summed E-state index contributed by atoms with van der Waals surface area (Å²) >= 11 is 0. The van der Waals surface area contributed by atoms with Crippen LogP contribution in [-0.2, 0) is 0 Å². The molecule has 0 aromatic carbocycles. The molecule has 1 N–H and O–H groups in total. The molecule has 0 aliphatic carbocycles. The van der Waals surface area contributed by atoms with Crippen molar-refractivity contribution in [1.82, 2.24) is 15.1 Å². The fourth-order valence-corrected chi connectivity index (χ4v) is 1.95. The number of hydrogen-bond acceptors (Lipinski definition) is 4. The Morgan fingerprint density at radius 2 is 2.33 bits per heavy atom. The highest BCUT2D eigenvalue weighted by Crippen LogP contribution is 2.14. The number of aromatic nitrogens is 2. The first-order chi connectivity index (χ1) is 7.25. The second-order valence-electron chi connectivity index (χ2n) is 4.22. The molecule has 82 valence electrons. The average molecular weight is 206 g/mol. The van der Waals surface area contributed by atoms with Crippen LogP contribution in [-0.4, -0.2) is 41.3 Å². The van der Waals surface area contributed by atoms with Gasteiger partial charge in [0, 0.05) is 12.6 Å². The predicted molar refractivity (Wildman–Crippen MR) is 60.9 cm³/mol. The summed E-state index contributed by atoms with van der Waals surface area (Å²) in [5.74, 6) is 0.876. The number of aryl methyl sites for hydroxylation is 1. The minimum absolute atomic E-state index is 0.646. The topological polar surface area (TPSA) is 41.0 Å². The normalized spacial score (nSPS) is 21.9. The van der Waals surface area contributed by atoms with E-state index in [0.29, 0.717) is 6.04 Å². The zero-order chi connectivity index (χ0) is 10.7. The number of likely N-dealkylation sites (tertiary alicyclic amines) is 1. The maximum atomic E-state index is 4.08. The first-order valence-corrected chi connectivity index (χ1v) is 5.50. The molecule has 2 heterocycles. The van der Waals surface area contributed by atoms with E-state index in [0.717, 1.165) is 18.1 Å². The number of likely N-dealkylation sites (N-methyl/N-ethyl adjacent to an activating group) is 1. The Morgan fingerprint density at radius 3 is 2.93 bits per heavy atom. The molecule has 0 amide bonds. The molecular formula is C11H18N4. The van der Waals surface area contributed by atoms with Gasteiger partial charge in [-0.1, -0.05) is 0 Å². The second kappa shape index (κ2) is 4.57. The van der Waals surface area contributed by atoms with Crippen LogP contribution < -0.4 is 5.32 Å². The quantitative estimate of drug-likeness (QED) is 0.809. The molecule has 1 saturated heterocycles. The lowest BCUT2D eigenvalue weighted by Crippen LogP contribution is -2.31. The van der Waals surface area contributed by atoms with E-state index in [-0.39, 0.29) is 0 Å². The van der Waals surface area contributed by atoms with Gasteiger partial charge in [0.15, 0.2) is 0 Å². The van der Waals surface area contributed by atoms with Gasteiger partial charge in [0.05, 0.1) is 5.69 Å². The van der Waals surface area contributed by atoms with E-state index in [9.17, 15) is 0 Å². The Hall–Kier alpha value is -1.16. The Bertz CT molecular complexity index is 309. The van der Waals surface area contributed by atoms with Crippen molar-refractivity contribution < 1.29 is 0 Å². The van der Waals surface area contributed by atoms with E-state index in [4.69, 9.17) is 0 Å². The molecule has 1 aliphatic rings. The van der Waals surface area contributed by atoms with Crippen LogP contribution in [0.3, 0.4) is 0 Å². The zero-order valence-corrected chi connectivity index (χ0v) is 9.40. The van der Waals surface area contributed by atoms with Gasteiger partial charge in [-0.25, -0.2) is 0 Å². The SMILES string of the molecule is Cc1ccc(NCC2CCCN2C)nn1. The lowest BCUT2D eigenvalue weighted by atomic mass is 10.2. The summed E-state index contributed by atoms with van der Waals surface area (Å²) in [7, 11) is 2.18. The third-order valence-corrected chi connectivity index (χ3v) is 2.99. The molecule has 0 bridgehead atoms. The average Bonchev–Trinajstić information content (AvgIpc) is 2.63. The Labute approximate surface area is 90.7 Å². The molecule has 0 radical (unpaired) electrons. The van der Waals surface area contributed by atoms with E-state index >= 15 is 0 Å². The molecule has 1 aliphatic heterocycles. The van der Waals surface area contributed by atoms with Gasteiger partial charge in [0.2, 0.25) is 0 Å². The molecule has 4 heteroatoms. The lowest BCUT2D eigenvalue weighted by Gasteiger charge is -2.19. The van der Waals surface area contributed by atoms with E-state index in [1.54, 1.807) is 0 Å². The number of hydrogen-bond donors (Lipinski definition) is 1. The molecular weight excluding hydrogens is 188 g/mol. The molecule has 4 nitrogen and oxygen atoms in total. The predicted octanol–water partition coefficient (Wildman–Crippen LogP) is 1.29. The van der Waals surface area contributed by atoms with E-state index in [1.165, 1.54) is 19.4 Å². The van der Waals surface area contributed by atoms with Crippen molar-refractivity contribution in [2.45, 2.75) is 25.8 Å². The summed E-state index contributed by atoms with van der Waals surface area (Å²) in [5.41, 5.74) is 0.957. The largest absolute Gasteiger partial charge is 0.367 e. The number of anilines is 1. The van der Waals surface area contributed by atoms with Gasteiger partial charge in [-0.3, -0.25) is 0 Å². The summed E-state index contributed by atoms with van der Waals surface area (Å²) < 4.78 is 0. The van der Waals surface area contributed by atoms with Gasteiger partial charge < -0.3 is 10.2 Å². The molecule has 0 spiro atoms. The van der Waals surface area contributed by atoms with Crippen LogP contribution in [0.1, 0.15) is 18.5 Å². The highest BCUT2D eigenvalue weighted by Gasteiger charge is 2.20. The molecule has 0 saturated carbocycles. The second-order valence-corrected chi connectivity index (χ2v) is 4.22. The van der Waals surface area contributed by atoms with Gasteiger partial charge in [-0.2, -0.15) is 5.10 Å². The molecule has 2 rings (SSSR count). The van der Waals surface area contributed by atoms with Crippen LogP contribution in [0, 0.1) is 6.92 Å². The molecule has 1 atom stereocenters. The molecule has 1 aromatic heterocycles. The van der Waals surface area contributed by atoms with Gasteiger partial charge in [-0.05, 0) is 45.5 Å². The monoisotopic (exact) mass is 206 g/mol. The van der Waals surface area contributed by atoms with Crippen LogP contribution in [0.5, 0.6) is 0 Å². The summed E-state index contributed by atoms with van der Waals surface area (Å²) in [6.45, 7) is 4.13. The van der Waals surface area contributed by atoms with Crippen molar-refractivity contribution in [3.05, 3.63) is 17.8 Å². The van der Waals surface area contributed by atoms with Gasteiger partial charge in [0.25, 0.3) is 0 Å². The minimum Gasteiger partial charge on any atom is -0.367 e. The van der Waals surface area contributed by atoms with Crippen molar-refractivity contribution in [3.8, 4) is 0 Å². The number of nitrogens with one attached hydrogen (secondary N) is 1. The van der Waals surface area contributed by atoms with E-state index in [2.05, 4.69) is 27.5 Å². The Kier molecular flexibility index (Phi) is 3.16. The highest BCUT2D eigenvalue weighted by atomic mass is 15.2. The zero-order valence-electron chi connectivity index (χ0n) is 9.40. The molecule has 15 heavy (non-hydrogen) atoms.